The maximum atomic E-state index is 12.7. The molecule has 2 amide bonds. The lowest BCUT2D eigenvalue weighted by Crippen LogP contribution is -2.28. The summed E-state index contributed by atoms with van der Waals surface area (Å²) in [7, 11) is 0. The lowest BCUT2D eigenvalue weighted by atomic mass is 10.1. The fourth-order valence-corrected chi connectivity index (χ4v) is 3.37. The van der Waals surface area contributed by atoms with E-state index >= 15 is 0 Å². The third kappa shape index (κ3) is 4.30. The fraction of sp³-hybridized carbons (Fsp3) is 0.167. The molecular weight excluding hydrogens is 398 g/mol. The zero-order valence-corrected chi connectivity index (χ0v) is 16.6. The van der Waals surface area contributed by atoms with Crippen LogP contribution in [0.25, 0.3) is 0 Å². The summed E-state index contributed by atoms with van der Waals surface area (Å²) in [5.74, 6) is -1.07. The molecule has 0 aliphatic carbocycles. The van der Waals surface area contributed by atoms with Gasteiger partial charge < -0.3 is 9.15 Å². The zero-order valence-electron chi connectivity index (χ0n) is 16.6. The monoisotopic (exact) mass is 417 g/mol. The van der Waals surface area contributed by atoms with Gasteiger partial charge in [0, 0.05) is 12.0 Å². The normalized spacial score (nSPS) is 12.7. The van der Waals surface area contributed by atoms with Gasteiger partial charge in [-0.2, -0.15) is 0 Å². The average Bonchev–Trinajstić information content (AvgIpc) is 3.40. The Morgan fingerprint density at radius 2 is 1.65 bits per heavy atom. The number of furan rings is 1. The quantitative estimate of drug-likeness (QED) is 0.239. The van der Waals surface area contributed by atoms with E-state index in [0.29, 0.717) is 17.7 Å². The molecular formula is C24H19NO6. The summed E-state index contributed by atoms with van der Waals surface area (Å²) < 4.78 is 10.4. The first-order valence-corrected chi connectivity index (χ1v) is 9.82. The minimum absolute atomic E-state index is 0.0186. The molecule has 0 saturated heterocycles. The van der Waals surface area contributed by atoms with Gasteiger partial charge in [0.25, 0.3) is 11.8 Å². The second-order valence-electron chi connectivity index (χ2n) is 7.06. The molecule has 156 valence electrons. The average molecular weight is 417 g/mol. The molecule has 0 fully saturated rings. The smallest absolute Gasteiger partial charge is 0.338 e. The number of fused-ring (bicyclic) bond motifs is 1. The third-order valence-corrected chi connectivity index (χ3v) is 4.98. The van der Waals surface area contributed by atoms with Crippen molar-refractivity contribution in [3.8, 4) is 0 Å². The lowest BCUT2D eigenvalue weighted by molar-refractivity contribution is 0.0493. The van der Waals surface area contributed by atoms with Gasteiger partial charge in [0.05, 0.1) is 36.1 Å². The minimum Gasteiger partial charge on any atom is -0.467 e. The fourth-order valence-electron chi connectivity index (χ4n) is 3.37. The van der Waals surface area contributed by atoms with Crippen LogP contribution in [0.2, 0.25) is 0 Å². The highest BCUT2D eigenvalue weighted by Gasteiger charge is 2.36. The molecule has 0 saturated carbocycles. The highest BCUT2D eigenvalue weighted by molar-refractivity contribution is 6.21. The molecule has 2 aromatic carbocycles. The maximum absolute atomic E-state index is 12.7. The van der Waals surface area contributed by atoms with Gasteiger partial charge in [-0.15, -0.1) is 0 Å². The highest BCUT2D eigenvalue weighted by atomic mass is 16.5. The number of rotatable bonds is 8. The number of nitrogens with zero attached hydrogens (tertiary/aromatic N) is 1. The zero-order chi connectivity index (χ0) is 21.8. The number of carbonyl (C=O) groups is 4. The molecule has 1 aliphatic heterocycles. The highest BCUT2D eigenvalue weighted by Crippen LogP contribution is 2.26. The van der Waals surface area contributed by atoms with Crippen LogP contribution in [0.4, 0.5) is 0 Å². The number of imide groups is 1. The van der Waals surface area contributed by atoms with Crippen LogP contribution in [0.5, 0.6) is 0 Å². The summed E-state index contributed by atoms with van der Waals surface area (Å²) >= 11 is 0. The number of hydrogen-bond donors (Lipinski definition) is 0. The molecule has 0 bridgehead atoms. The first-order valence-electron chi connectivity index (χ1n) is 9.82. The Morgan fingerprint density at radius 1 is 0.871 bits per heavy atom. The van der Waals surface area contributed by atoms with E-state index in [2.05, 4.69) is 0 Å². The van der Waals surface area contributed by atoms with Gasteiger partial charge in [-0.1, -0.05) is 30.3 Å². The van der Waals surface area contributed by atoms with Gasteiger partial charge in [0.1, 0.15) is 5.76 Å². The second-order valence-corrected chi connectivity index (χ2v) is 7.06. The third-order valence-electron chi connectivity index (χ3n) is 4.98. The van der Waals surface area contributed by atoms with Crippen molar-refractivity contribution in [2.24, 2.45) is 0 Å². The lowest BCUT2D eigenvalue weighted by Gasteiger charge is -2.11. The van der Waals surface area contributed by atoms with E-state index in [9.17, 15) is 19.2 Å². The van der Waals surface area contributed by atoms with E-state index < -0.39 is 17.8 Å². The Balaban J connectivity index is 1.34. The van der Waals surface area contributed by atoms with Crippen LogP contribution in [0.15, 0.2) is 71.3 Å². The minimum atomic E-state index is -0.611. The van der Waals surface area contributed by atoms with E-state index in [4.69, 9.17) is 9.15 Å². The predicted molar refractivity (Wildman–Crippen MR) is 110 cm³/mol. The van der Waals surface area contributed by atoms with E-state index in [-0.39, 0.29) is 42.0 Å². The van der Waals surface area contributed by atoms with Crippen LogP contribution < -0.4 is 0 Å². The Labute approximate surface area is 178 Å². The topological polar surface area (TPSA) is 93.9 Å². The molecule has 7 nitrogen and oxygen atoms in total. The summed E-state index contributed by atoms with van der Waals surface area (Å²) in [5.41, 5.74) is 1.19. The van der Waals surface area contributed by atoms with Crippen LogP contribution in [0, 0.1) is 0 Å². The van der Waals surface area contributed by atoms with E-state index in [1.165, 1.54) is 24.5 Å². The number of Topliss-reactive ketones (excluding diaryl/α,β-unsaturated/α-hetero) is 1. The van der Waals surface area contributed by atoms with Gasteiger partial charge in [-0.25, -0.2) is 4.79 Å². The van der Waals surface area contributed by atoms with Crippen molar-refractivity contribution in [1.29, 1.82) is 0 Å². The van der Waals surface area contributed by atoms with Crippen molar-refractivity contribution in [3.05, 3.63) is 94.9 Å². The van der Waals surface area contributed by atoms with E-state index in [0.717, 1.165) is 4.90 Å². The van der Waals surface area contributed by atoms with Crippen molar-refractivity contribution >= 4 is 23.6 Å². The van der Waals surface area contributed by atoms with Crippen molar-refractivity contribution < 1.29 is 28.3 Å². The predicted octanol–water partition coefficient (Wildman–Crippen LogP) is 3.90. The summed E-state index contributed by atoms with van der Waals surface area (Å²) in [6.45, 7) is 0.0978. The van der Waals surface area contributed by atoms with Gasteiger partial charge in [0.2, 0.25) is 0 Å². The number of hydrogen-bond acceptors (Lipinski definition) is 6. The number of esters is 1. The Morgan fingerprint density at radius 3 is 2.39 bits per heavy atom. The number of amides is 2. The standard InChI is InChI=1S/C24H19NO6/c26-21(16-6-2-1-3-7-16)9-5-13-31-24(29)17-10-11-19-20(14-17)23(28)25(22(19)27)15-18-8-4-12-30-18/h1-4,6-8,10-12,14H,5,9,13,15H2. The van der Waals surface area contributed by atoms with Crippen LogP contribution in [0.1, 0.15) is 60.0 Å². The number of ketones is 1. The molecule has 3 aromatic rings. The maximum Gasteiger partial charge on any atom is 0.338 e. The second kappa shape index (κ2) is 8.79. The molecule has 1 aromatic heterocycles. The molecule has 7 heteroatoms. The Bertz CT molecular complexity index is 1130. The van der Waals surface area contributed by atoms with E-state index in [1.807, 2.05) is 6.07 Å². The van der Waals surface area contributed by atoms with Crippen molar-refractivity contribution in [2.45, 2.75) is 19.4 Å². The van der Waals surface area contributed by atoms with Crippen molar-refractivity contribution in [1.82, 2.24) is 4.90 Å². The van der Waals surface area contributed by atoms with Crippen LogP contribution in [0.3, 0.4) is 0 Å². The molecule has 0 N–H and O–H groups in total. The largest absolute Gasteiger partial charge is 0.467 e. The van der Waals surface area contributed by atoms with Gasteiger partial charge in [-0.3, -0.25) is 19.3 Å². The van der Waals surface area contributed by atoms with Crippen LogP contribution >= 0.6 is 0 Å². The molecule has 0 unspecified atom stereocenters. The molecule has 31 heavy (non-hydrogen) atoms. The first-order chi connectivity index (χ1) is 15.0. The van der Waals surface area contributed by atoms with Gasteiger partial charge in [-0.05, 0) is 36.8 Å². The van der Waals surface area contributed by atoms with Gasteiger partial charge >= 0.3 is 5.97 Å². The summed E-state index contributed by atoms with van der Waals surface area (Å²) in [6, 6.07) is 16.5. The number of benzene rings is 2. The SMILES string of the molecule is O=C(CCCOC(=O)c1ccc2c(c1)C(=O)N(Cc1ccco1)C2=O)c1ccccc1. The molecule has 0 atom stereocenters. The van der Waals surface area contributed by atoms with Crippen LogP contribution in [-0.2, 0) is 11.3 Å². The van der Waals surface area contributed by atoms with E-state index in [1.54, 1.807) is 36.4 Å². The van der Waals surface area contributed by atoms with Crippen LogP contribution in [-0.4, -0.2) is 35.1 Å². The molecule has 0 radical (unpaired) electrons. The van der Waals surface area contributed by atoms with Crippen molar-refractivity contribution in [3.63, 3.8) is 0 Å². The number of carbonyl (C=O) groups excluding carboxylic acids is 4. The molecule has 0 spiro atoms. The van der Waals surface area contributed by atoms with Crippen molar-refractivity contribution in [2.75, 3.05) is 6.61 Å². The molecule has 1 aliphatic rings. The molecule has 4 rings (SSSR count). The number of ether oxygens (including phenoxy) is 1. The first kappa shape index (κ1) is 20.3. The summed E-state index contributed by atoms with van der Waals surface area (Å²) in [6.07, 6.45) is 2.12. The Kier molecular flexibility index (Phi) is 5.75. The summed E-state index contributed by atoms with van der Waals surface area (Å²) in [5, 5.41) is 0. The Hall–Kier alpha value is -4.00. The molecule has 2 heterocycles. The van der Waals surface area contributed by atoms with Gasteiger partial charge in [0.15, 0.2) is 5.78 Å². The summed E-state index contributed by atoms with van der Waals surface area (Å²) in [4.78, 5) is 50.7.